The molecule has 0 bridgehead atoms. The molecule has 1 aromatic carbocycles. The maximum absolute atomic E-state index is 12.1. The SMILES string of the molecule is CCC(NC(=O)C(N)CC(C)C)c1ccc(OC)cc1. The lowest BCUT2D eigenvalue weighted by Crippen LogP contribution is -2.42. The zero-order valence-corrected chi connectivity index (χ0v) is 12.8. The van der Waals surface area contributed by atoms with Gasteiger partial charge in [0, 0.05) is 0 Å². The third kappa shape index (κ3) is 4.85. The first-order chi connectivity index (χ1) is 9.47. The lowest BCUT2D eigenvalue weighted by atomic mass is 10.0. The fourth-order valence-corrected chi connectivity index (χ4v) is 2.15. The first kappa shape index (κ1) is 16.5. The number of hydrogen-bond donors (Lipinski definition) is 2. The molecular weight excluding hydrogens is 252 g/mol. The van der Waals surface area contributed by atoms with E-state index < -0.39 is 6.04 Å². The molecule has 0 aliphatic heterocycles. The van der Waals surface area contributed by atoms with Gasteiger partial charge in [0.05, 0.1) is 19.2 Å². The van der Waals surface area contributed by atoms with E-state index in [0.29, 0.717) is 12.3 Å². The molecule has 1 aromatic rings. The smallest absolute Gasteiger partial charge is 0.237 e. The molecule has 0 fully saturated rings. The van der Waals surface area contributed by atoms with Crippen LogP contribution in [0.3, 0.4) is 0 Å². The Morgan fingerprint density at radius 1 is 1.30 bits per heavy atom. The van der Waals surface area contributed by atoms with Gasteiger partial charge in [0.1, 0.15) is 5.75 Å². The van der Waals surface area contributed by atoms with Crippen molar-refractivity contribution in [3.8, 4) is 5.75 Å². The second-order valence-corrected chi connectivity index (χ2v) is 5.48. The minimum Gasteiger partial charge on any atom is -0.497 e. The molecule has 0 spiro atoms. The maximum Gasteiger partial charge on any atom is 0.237 e. The van der Waals surface area contributed by atoms with Gasteiger partial charge in [-0.3, -0.25) is 4.79 Å². The van der Waals surface area contributed by atoms with Gasteiger partial charge >= 0.3 is 0 Å². The zero-order chi connectivity index (χ0) is 15.1. The number of methoxy groups -OCH3 is 1. The van der Waals surface area contributed by atoms with E-state index in [1.54, 1.807) is 7.11 Å². The Bertz CT molecular complexity index is 415. The van der Waals surface area contributed by atoms with E-state index in [9.17, 15) is 4.79 Å². The predicted octanol–water partition coefficient (Wildman–Crippen LogP) is 2.64. The molecule has 0 saturated heterocycles. The van der Waals surface area contributed by atoms with Crippen LogP contribution in [0.15, 0.2) is 24.3 Å². The van der Waals surface area contributed by atoms with E-state index in [4.69, 9.17) is 10.5 Å². The van der Waals surface area contributed by atoms with Crippen molar-refractivity contribution in [1.29, 1.82) is 0 Å². The summed E-state index contributed by atoms with van der Waals surface area (Å²) in [4.78, 5) is 12.1. The van der Waals surface area contributed by atoms with Crippen molar-refractivity contribution in [2.24, 2.45) is 11.7 Å². The normalized spacial score (nSPS) is 13.9. The fraction of sp³-hybridized carbons (Fsp3) is 0.562. The highest BCUT2D eigenvalue weighted by Crippen LogP contribution is 2.20. The van der Waals surface area contributed by atoms with Crippen molar-refractivity contribution in [2.45, 2.75) is 45.7 Å². The number of hydrogen-bond acceptors (Lipinski definition) is 3. The fourth-order valence-electron chi connectivity index (χ4n) is 2.15. The number of rotatable bonds is 7. The molecule has 0 saturated carbocycles. The lowest BCUT2D eigenvalue weighted by molar-refractivity contribution is -0.123. The molecule has 0 aliphatic carbocycles. The molecule has 0 aliphatic rings. The summed E-state index contributed by atoms with van der Waals surface area (Å²) in [5, 5.41) is 3.02. The molecule has 2 unspecified atom stereocenters. The van der Waals surface area contributed by atoms with Gasteiger partial charge < -0.3 is 15.8 Å². The molecule has 112 valence electrons. The quantitative estimate of drug-likeness (QED) is 0.806. The van der Waals surface area contributed by atoms with Crippen molar-refractivity contribution < 1.29 is 9.53 Å². The average molecular weight is 278 g/mol. The molecule has 0 aromatic heterocycles. The number of nitrogens with two attached hydrogens (primary N) is 1. The molecule has 3 N–H and O–H groups in total. The van der Waals surface area contributed by atoms with E-state index >= 15 is 0 Å². The molecule has 4 heteroatoms. The van der Waals surface area contributed by atoms with Crippen molar-refractivity contribution in [3.63, 3.8) is 0 Å². The largest absolute Gasteiger partial charge is 0.497 e. The Balaban J connectivity index is 2.68. The van der Waals surface area contributed by atoms with E-state index in [2.05, 4.69) is 19.2 Å². The summed E-state index contributed by atoms with van der Waals surface area (Å²) in [5.74, 6) is 1.14. The topological polar surface area (TPSA) is 64.4 Å². The van der Waals surface area contributed by atoms with Gasteiger partial charge in [-0.15, -0.1) is 0 Å². The Hall–Kier alpha value is -1.55. The van der Waals surface area contributed by atoms with Gasteiger partial charge in [-0.1, -0.05) is 32.9 Å². The Kier molecular flexibility index (Phi) is 6.52. The summed E-state index contributed by atoms with van der Waals surface area (Å²) in [6.07, 6.45) is 1.53. The number of nitrogens with one attached hydrogen (secondary N) is 1. The summed E-state index contributed by atoms with van der Waals surface area (Å²) >= 11 is 0. The number of ether oxygens (including phenoxy) is 1. The second kappa shape index (κ2) is 7.90. The van der Waals surface area contributed by atoms with Crippen molar-refractivity contribution in [3.05, 3.63) is 29.8 Å². The first-order valence-electron chi connectivity index (χ1n) is 7.17. The van der Waals surface area contributed by atoms with Crippen LogP contribution in [0.5, 0.6) is 5.75 Å². The highest BCUT2D eigenvalue weighted by molar-refractivity contribution is 5.81. The van der Waals surface area contributed by atoms with Crippen LogP contribution in [0.25, 0.3) is 0 Å². The van der Waals surface area contributed by atoms with E-state index in [1.165, 1.54) is 0 Å². The minimum absolute atomic E-state index is 0.00776. The predicted molar refractivity (Wildman–Crippen MR) is 81.6 cm³/mol. The van der Waals surface area contributed by atoms with Gasteiger partial charge in [0.2, 0.25) is 5.91 Å². The summed E-state index contributed by atoms with van der Waals surface area (Å²) in [7, 11) is 1.64. The Morgan fingerprint density at radius 2 is 1.90 bits per heavy atom. The zero-order valence-electron chi connectivity index (χ0n) is 12.8. The van der Waals surface area contributed by atoms with E-state index in [-0.39, 0.29) is 11.9 Å². The summed E-state index contributed by atoms with van der Waals surface area (Å²) in [6.45, 7) is 6.17. The Labute approximate surface area is 121 Å². The van der Waals surface area contributed by atoms with Crippen LogP contribution >= 0.6 is 0 Å². The minimum atomic E-state index is -0.442. The highest BCUT2D eigenvalue weighted by atomic mass is 16.5. The van der Waals surface area contributed by atoms with Crippen LogP contribution in [0.1, 0.15) is 45.2 Å². The maximum atomic E-state index is 12.1. The molecule has 4 nitrogen and oxygen atoms in total. The summed E-state index contributed by atoms with van der Waals surface area (Å²) < 4.78 is 5.14. The molecule has 0 heterocycles. The summed E-state index contributed by atoms with van der Waals surface area (Å²) in [6, 6.07) is 7.30. The number of benzene rings is 1. The van der Waals surface area contributed by atoms with Crippen LogP contribution in [0.4, 0.5) is 0 Å². The molecule has 1 amide bonds. The monoisotopic (exact) mass is 278 g/mol. The average Bonchev–Trinajstić information content (AvgIpc) is 2.43. The van der Waals surface area contributed by atoms with Crippen molar-refractivity contribution in [1.82, 2.24) is 5.32 Å². The van der Waals surface area contributed by atoms with Gasteiger partial charge in [-0.25, -0.2) is 0 Å². The van der Waals surface area contributed by atoms with Gasteiger partial charge in [0.25, 0.3) is 0 Å². The first-order valence-corrected chi connectivity index (χ1v) is 7.17. The molecule has 1 rings (SSSR count). The number of amides is 1. The van der Waals surface area contributed by atoms with Gasteiger partial charge in [0.15, 0.2) is 0 Å². The van der Waals surface area contributed by atoms with Gasteiger partial charge in [-0.2, -0.15) is 0 Å². The van der Waals surface area contributed by atoms with Crippen LogP contribution in [-0.4, -0.2) is 19.1 Å². The third-order valence-corrected chi connectivity index (χ3v) is 3.31. The van der Waals surface area contributed by atoms with Gasteiger partial charge in [-0.05, 0) is 36.5 Å². The standard InChI is InChI=1S/C16H26N2O2/c1-5-15(12-6-8-13(20-4)9-7-12)18-16(19)14(17)10-11(2)3/h6-9,11,14-15H,5,10,17H2,1-4H3,(H,18,19). The second-order valence-electron chi connectivity index (χ2n) is 5.48. The number of carbonyl (C=O) groups excluding carboxylic acids is 1. The van der Waals surface area contributed by atoms with Crippen molar-refractivity contribution in [2.75, 3.05) is 7.11 Å². The van der Waals surface area contributed by atoms with Crippen LogP contribution < -0.4 is 15.8 Å². The number of carbonyl (C=O) groups is 1. The highest BCUT2D eigenvalue weighted by Gasteiger charge is 2.19. The van der Waals surface area contributed by atoms with Crippen LogP contribution in [0, 0.1) is 5.92 Å². The summed E-state index contributed by atoms with van der Waals surface area (Å²) in [5.41, 5.74) is 6.98. The van der Waals surface area contributed by atoms with Crippen molar-refractivity contribution >= 4 is 5.91 Å². The molecular formula is C16H26N2O2. The van der Waals surface area contributed by atoms with E-state index in [0.717, 1.165) is 17.7 Å². The molecule has 0 radical (unpaired) electrons. The third-order valence-electron chi connectivity index (χ3n) is 3.31. The van der Waals surface area contributed by atoms with Crippen LogP contribution in [-0.2, 0) is 4.79 Å². The lowest BCUT2D eigenvalue weighted by Gasteiger charge is -2.21. The molecule has 2 atom stereocenters. The molecule has 20 heavy (non-hydrogen) atoms. The van der Waals surface area contributed by atoms with Crippen LogP contribution in [0.2, 0.25) is 0 Å². The van der Waals surface area contributed by atoms with E-state index in [1.807, 2.05) is 31.2 Å². The Morgan fingerprint density at radius 3 is 2.35 bits per heavy atom.